The summed E-state index contributed by atoms with van der Waals surface area (Å²) in [6.45, 7) is -0.211. The maximum atomic E-state index is 13.7. The van der Waals surface area contributed by atoms with Gasteiger partial charge < -0.3 is 9.72 Å². The fourth-order valence-electron chi connectivity index (χ4n) is 2.95. The van der Waals surface area contributed by atoms with Gasteiger partial charge >= 0.3 is 6.18 Å². The molecule has 0 unspecified atom stereocenters. The van der Waals surface area contributed by atoms with Gasteiger partial charge in [0.2, 0.25) is 0 Å². The Hall–Kier alpha value is -3.56. The van der Waals surface area contributed by atoms with E-state index in [0.717, 1.165) is 19.2 Å². The molecule has 10 heteroatoms. The van der Waals surface area contributed by atoms with E-state index in [1.165, 1.54) is 41.1 Å². The summed E-state index contributed by atoms with van der Waals surface area (Å²) >= 11 is 0. The van der Waals surface area contributed by atoms with Crippen molar-refractivity contribution in [3.8, 4) is 0 Å². The molecule has 0 bridgehead atoms. The summed E-state index contributed by atoms with van der Waals surface area (Å²) in [7, 11) is 1.11. The van der Waals surface area contributed by atoms with E-state index in [2.05, 4.69) is 15.5 Å². The monoisotopic (exact) mass is 405 g/mol. The van der Waals surface area contributed by atoms with Crippen LogP contribution in [0.15, 0.2) is 59.7 Å². The lowest BCUT2D eigenvalue weighted by Gasteiger charge is -2.19. The zero-order chi connectivity index (χ0) is 21.2. The first-order valence-electron chi connectivity index (χ1n) is 8.35. The first-order valence-corrected chi connectivity index (χ1v) is 8.35. The van der Waals surface area contributed by atoms with Crippen LogP contribution < -0.4 is 5.32 Å². The molecule has 2 aromatic heterocycles. The van der Waals surface area contributed by atoms with E-state index in [9.17, 15) is 22.5 Å². The summed E-state index contributed by atoms with van der Waals surface area (Å²) in [5.74, 6) is -0.567. The van der Waals surface area contributed by atoms with Crippen LogP contribution in [0.2, 0.25) is 0 Å². The molecule has 150 valence electrons. The second-order valence-corrected chi connectivity index (χ2v) is 6.06. The lowest BCUT2D eigenvalue weighted by atomic mass is 9.94. The van der Waals surface area contributed by atoms with Crippen LogP contribution in [0.25, 0.3) is 11.2 Å². The highest BCUT2D eigenvalue weighted by atomic mass is 19.4. The molecular formula is C19H15F4N5O. The van der Waals surface area contributed by atoms with Crippen molar-refractivity contribution in [3.63, 3.8) is 0 Å². The minimum Gasteiger partial charge on any atom is -0.384 e. The number of imidazole rings is 1. The number of hydrogen-bond acceptors (Lipinski definition) is 5. The molecular weight excluding hydrogens is 390 g/mol. The van der Waals surface area contributed by atoms with Crippen molar-refractivity contribution in [2.75, 3.05) is 7.05 Å². The quantitative estimate of drug-likeness (QED) is 0.364. The summed E-state index contributed by atoms with van der Waals surface area (Å²) in [6, 6.07) is 7.49. The van der Waals surface area contributed by atoms with E-state index in [1.54, 1.807) is 0 Å². The normalized spacial score (nSPS) is 12.6. The van der Waals surface area contributed by atoms with Gasteiger partial charge in [0, 0.05) is 29.9 Å². The first-order chi connectivity index (χ1) is 13.8. The second-order valence-electron chi connectivity index (χ2n) is 6.06. The number of hydrogen-bond donors (Lipinski definition) is 2. The number of fused-ring (bicyclic) bond motifs is 1. The van der Waals surface area contributed by atoms with Gasteiger partial charge in [-0.05, 0) is 36.4 Å². The van der Waals surface area contributed by atoms with Crippen LogP contribution in [0.4, 0.5) is 17.6 Å². The molecule has 2 heterocycles. The number of nitroso groups, excluding NO2 is 1. The van der Waals surface area contributed by atoms with Crippen LogP contribution in [0.1, 0.15) is 16.8 Å². The SMILES string of the molecule is CN/C(=C(\C(=N)c1ccc(F)cc1)c1ccc2ncc(CN=O)n2c1)C(F)(F)F. The molecule has 0 amide bonds. The molecule has 6 nitrogen and oxygen atoms in total. The summed E-state index contributed by atoms with van der Waals surface area (Å²) < 4.78 is 55.8. The van der Waals surface area contributed by atoms with Gasteiger partial charge in [-0.2, -0.15) is 18.1 Å². The summed E-state index contributed by atoms with van der Waals surface area (Å²) in [4.78, 5) is 14.7. The van der Waals surface area contributed by atoms with Gasteiger partial charge in [0.15, 0.2) is 0 Å². The Balaban J connectivity index is 2.25. The molecule has 0 spiro atoms. The van der Waals surface area contributed by atoms with Gasteiger partial charge in [-0.3, -0.25) is 5.41 Å². The van der Waals surface area contributed by atoms with E-state index < -0.39 is 29.0 Å². The fraction of sp³-hybridized carbons (Fsp3) is 0.158. The van der Waals surface area contributed by atoms with Crippen molar-refractivity contribution < 1.29 is 17.6 Å². The third-order valence-electron chi connectivity index (χ3n) is 4.26. The standard InChI is InChI=1S/C19H15F4N5O/c1-25-18(19(21,22)23)16(17(24)11-2-5-13(20)6-3-11)12-4-7-15-26-8-14(9-27-29)28(15)10-12/h2-8,10,24-25H,9H2,1H3/b18-16-,24-17?. The van der Waals surface area contributed by atoms with Crippen molar-refractivity contribution in [2.24, 2.45) is 5.18 Å². The minimum absolute atomic E-state index is 0.0682. The fourth-order valence-corrected chi connectivity index (χ4v) is 2.95. The molecule has 0 fully saturated rings. The second kappa shape index (κ2) is 7.82. The third kappa shape index (κ3) is 4.00. The smallest absolute Gasteiger partial charge is 0.384 e. The Bertz CT molecular complexity index is 1100. The highest BCUT2D eigenvalue weighted by Gasteiger charge is 2.37. The van der Waals surface area contributed by atoms with Crippen molar-refractivity contribution in [2.45, 2.75) is 12.7 Å². The number of aromatic nitrogens is 2. The van der Waals surface area contributed by atoms with Crippen molar-refractivity contribution in [1.82, 2.24) is 14.7 Å². The van der Waals surface area contributed by atoms with Gasteiger partial charge in [0.25, 0.3) is 0 Å². The van der Waals surface area contributed by atoms with E-state index in [1.807, 2.05) is 0 Å². The molecule has 3 rings (SSSR count). The molecule has 0 aliphatic heterocycles. The molecule has 0 atom stereocenters. The van der Waals surface area contributed by atoms with Crippen LogP contribution in [0.3, 0.4) is 0 Å². The molecule has 0 saturated carbocycles. The molecule has 29 heavy (non-hydrogen) atoms. The van der Waals surface area contributed by atoms with Gasteiger partial charge in [0.1, 0.15) is 23.7 Å². The lowest BCUT2D eigenvalue weighted by molar-refractivity contribution is -0.0952. The number of nitrogens with zero attached hydrogens (tertiary/aromatic N) is 3. The van der Waals surface area contributed by atoms with Gasteiger partial charge in [-0.1, -0.05) is 5.18 Å². The highest BCUT2D eigenvalue weighted by molar-refractivity contribution is 6.31. The molecule has 0 aliphatic rings. The minimum atomic E-state index is -4.77. The number of nitrogens with one attached hydrogen (secondary N) is 2. The Kier molecular flexibility index (Phi) is 5.44. The molecule has 1 aromatic carbocycles. The molecule has 0 saturated heterocycles. The summed E-state index contributed by atoms with van der Waals surface area (Å²) in [5.41, 5.74) is -1.01. The predicted octanol–water partition coefficient (Wildman–Crippen LogP) is 4.30. The topological polar surface area (TPSA) is 82.6 Å². The van der Waals surface area contributed by atoms with Crippen LogP contribution in [-0.4, -0.2) is 28.3 Å². The van der Waals surface area contributed by atoms with Crippen LogP contribution in [0.5, 0.6) is 0 Å². The molecule has 0 radical (unpaired) electrons. The molecule has 0 aliphatic carbocycles. The summed E-state index contributed by atoms with van der Waals surface area (Å²) in [6.07, 6.45) is -2.01. The van der Waals surface area contributed by atoms with E-state index in [0.29, 0.717) is 11.3 Å². The Morgan fingerprint density at radius 1 is 1.17 bits per heavy atom. The largest absolute Gasteiger partial charge is 0.431 e. The van der Waals surface area contributed by atoms with E-state index >= 15 is 0 Å². The summed E-state index contributed by atoms with van der Waals surface area (Å²) in [5, 5.41) is 13.3. The van der Waals surface area contributed by atoms with Gasteiger partial charge in [0.05, 0.1) is 17.6 Å². The number of alkyl halides is 3. The number of halogens is 4. The van der Waals surface area contributed by atoms with Crippen molar-refractivity contribution in [3.05, 3.63) is 82.0 Å². The predicted molar refractivity (Wildman–Crippen MR) is 100.0 cm³/mol. The van der Waals surface area contributed by atoms with Gasteiger partial charge in [-0.25, -0.2) is 9.37 Å². The van der Waals surface area contributed by atoms with E-state index in [-0.39, 0.29) is 17.7 Å². The van der Waals surface area contributed by atoms with E-state index in [4.69, 9.17) is 5.41 Å². The number of pyridine rings is 1. The third-order valence-corrected chi connectivity index (χ3v) is 4.26. The maximum absolute atomic E-state index is 13.7. The zero-order valence-corrected chi connectivity index (χ0v) is 15.1. The maximum Gasteiger partial charge on any atom is 0.431 e. The van der Waals surface area contributed by atoms with Crippen LogP contribution in [-0.2, 0) is 6.54 Å². The number of benzene rings is 1. The molecule has 3 aromatic rings. The number of rotatable bonds is 6. The lowest BCUT2D eigenvalue weighted by Crippen LogP contribution is -2.27. The van der Waals surface area contributed by atoms with Crippen LogP contribution >= 0.6 is 0 Å². The zero-order valence-electron chi connectivity index (χ0n) is 15.1. The average molecular weight is 405 g/mol. The van der Waals surface area contributed by atoms with Crippen molar-refractivity contribution >= 4 is 16.9 Å². The molecule has 2 N–H and O–H groups in total. The Morgan fingerprint density at radius 3 is 2.41 bits per heavy atom. The first kappa shape index (κ1) is 20.2. The Labute approximate surface area is 162 Å². The number of allylic oxidation sites excluding steroid dienone is 2. The average Bonchev–Trinajstić information content (AvgIpc) is 3.07. The van der Waals surface area contributed by atoms with Crippen molar-refractivity contribution in [1.29, 1.82) is 5.41 Å². The van der Waals surface area contributed by atoms with Crippen LogP contribution in [0, 0.1) is 16.1 Å². The van der Waals surface area contributed by atoms with Gasteiger partial charge in [-0.15, -0.1) is 0 Å². The highest BCUT2D eigenvalue weighted by Crippen LogP contribution is 2.33. The Morgan fingerprint density at radius 2 is 1.83 bits per heavy atom.